The Morgan fingerprint density at radius 2 is 2.00 bits per heavy atom. The van der Waals surface area contributed by atoms with Gasteiger partial charge in [0.05, 0.1) is 22.8 Å². The molecule has 31 heavy (non-hydrogen) atoms. The average molecular weight is 427 g/mol. The minimum atomic E-state index is -4.57. The smallest absolute Gasteiger partial charge is 0.433 e. The Balaban J connectivity index is 1.53. The lowest BCUT2D eigenvalue weighted by molar-refractivity contribution is -0.141. The van der Waals surface area contributed by atoms with Gasteiger partial charge >= 0.3 is 12.2 Å². The molecule has 3 aromatic heterocycles. The van der Waals surface area contributed by atoms with Gasteiger partial charge in [-0.3, -0.25) is 9.97 Å². The summed E-state index contributed by atoms with van der Waals surface area (Å²) in [6.07, 6.45) is -3.48. The van der Waals surface area contributed by atoms with Crippen molar-refractivity contribution in [3.63, 3.8) is 0 Å². The molecule has 0 aliphatic carbocycles. The summed E-state index contributed by atoms with van der Waals surface area (Å²) in [7, 11) is 0. The Hall–Kier alpha value is -3.69. The summed E-state index contributed by atoms with van der Waals surface area (Å²) >= 11 is 0. The lowest BCUT2D eigenvalue weighted by atomic mass is 10.1. The summed E-state index contributed by atoms with van der Waals surface area (Å²) in [6, 6.07) is 7.12. The number of aromatic nitrogens is 4. The standard InChI is InChI=1S/C21H16F3N5O2/c1-10-18-11(2)28-29(19(18)12-5-3-4-6-14(12)26-10)20(30)27-15-9-31-16-7-17(21(22,23)24)25-8-13(15)16/h3-8,15H,9H2,1-2H3,(H,27,30)/t15-/m1/s1. The van der Waals surface area contributed by atoms with Crippen LogP contribution in [0.15, 0.2) is 36.5 Å². The molecule has 0 unspecified atom stereocenters. The SMILES string of the molecule is Cc1nc2ccccc2c2c1c(C)nn2C(=O)N[C@@H]1COc2cc(C(F)(F)F)ncc21. The van der Waals surface area contributed by atoms with Crippen LogP contribution in [-0.4, -0.2) is 32.4 Å². The molecule has 0 spiro atoms. The van der Waals surface area contributed by atoms with E-state index in [-0.39, 0.29) is 12.4 Å². The van der Waals surface area contributed by atoms with E-state index in [9.17, 15) is 18.0 Å². The Kier molecular flexibility index (Phi) is 4.14. The Labute approximate surface area is 173 Å². The van der Waals surface area contributed by atoms with E-state index in [0.29, 0.717) is 16.8 Å². The van der Waals surface area contributed by atoms with Crippen molar-refractivity contribution in [3.8, 4) is 5.75 Å². The number of para-hydroxylation sites is 1. The molecule has 1 aromatic carbocycles. The summed E-state index contributed by atoms with van der Waals surface area (Å²) in [5.74, 6) is 0.0552. The van der Waals surface area contributed by atoms with E-state index < -0.39 is 23.9 Å². The third-order valence-electron chi connectivity index (χ3n) is 5.33. The van der Waals surface area contributed by atoms with Gasteiger partial charge in [-0.25, -0.2) is 4.79 Å². The minimum Gasteiger partial charge on any atom is -0.491 e. The topological polar surface area (TPSA) is 81.9 Å². The largest absolute Gasteiger partial charge is 0.491 e. The van der Waals surface area contributed by atoms with Crippen molar-refractivity contribution in [2.24, 2.45) is 0 Å². The van der Waals surface area contributed by atoms with Crippen molar-refractivity contribution in [2.45, 2.75) is 26.1 Å². The average Bonchev–Trinajstić information content (AvgIpc) is 3.29. The summed E-state index contributed by atoms with van der Waals surface area (Å²) in [6.45, 7) is 3.66. The quantitative estimate of drug-likeness (QED) is 0.490. The van der Waals surface area contributed by atoms with Gasteiger partial charge in [0.1, 0.15) is 18.1 Å². The number of nitrogens with zero attached hydrogens (tertiary/aromatic N) is 4. The van der Waals surface area contributed by atoms with E-state index in [0.717, 1.165) is 34.2 Å². The van der Waals surface area contributed by atoms with Crippen LogP contribution in [0.4, 0.5) is 18.0 Å². The van der Waals surface area contributed by atoms with Gasteiger partial charge in [0, 0.05) is 34.3 Å². The fraction of sp³-hybridized carbons (Fsp3) is 0.238. The number of ether oxygens (including phenoxy) is 1. The molecule has 4 aromatic rings. The van der Waals surface area contributed by atoms with Crippen LogP contribution >= 0.6 is 0 Å². The molecule has 158 valence electrons. The van der Waals surface area contributed by atoms with Crippen LogP contribution in [0.2, 0.25) is 0 Å². The molecular formula is C21H16F3N5O2. The van der Waals surface area contributed by atoms with Crippen molar-refractivity contribution in [1.29, 1.82) is 0 Å². The first-order valence-electron chi connectivity index (χ1n) is 9.49. The first-order chi connectivity index (χ1) is 14.7. The van der Waals surface area contributed by atoms with Crippen LogP contribution in [0.25, 0.3) is 21.8 Å². The van der Waals surface area contributed by atoms with Gasteiger partial charge in [-0.2, -0.15) is 23.0 Å². The zero-order valence-corrected chi connectivity index (χ0v) is 16.5. The number of nitrogens with one attached hydrogen (secondary N) is 1. The number of carbonyl (C=O) groups is 1. The van der Waals surface area contributed by atoms with Gasteiger partial charge in [0.25, 0.3) is 0 Å². The predicted octanol–water partition coefficient (Wildman–Crippen LogP) is 4.31. The number of alkyl halides is 3. The van der Waals surface area contributed by atoms with Gasteiger partial charge in [-0.15, -0.1) is 0 Å². The van der Waals surface area contributed by atoms with Crippen molar-refractivity contribution in [3.05, 3.63) is 59.2 Å². The highest BCUT2D eigenvalue weighted by Gasteiger charge is 2.36. The van der Waals surface area contributed by atoms with Crippen LogP contribution in [0.5, 0.6) is 5.75 Å². The molecule has 0 bridgehead atoms. The van der Waals surface area contributed by atoms with Crippen LogP contribution < -0.4 is 10.1 Å². The second kappa shape index (κ2) is 6.66. The first-order valence-corrected chi connectivity index (χ1v) is 9.49. The molecule has 7 nitrogen and oxygen atoms in total. The first kappa shape index (κ1) is 19.3. The molecule has 1 atom stereocenters. The molecular weight excluding hydrogens is 411 g/mol. The summed E-state index contributed by atoms with van der Waals surface area (Å²) in [5.41, 5.74) is 2.12. The van der Waals surface area contributed by atoms with Gasteiger partial charge in [-0.05, 0) is 19.9 Å². The summed E-state index contributed by atoms with van der Waals surface area (Å²) < 4.78 is 45.3. The maximum atomic E-state index is 13.1. The van der Waals surface area contributed by atoms with Gasteiger partial charge in [-0.1, -0.05) is 18.2 Å². The lowest BCUT2D eigenvalue weighted by Crippen LogP contribution is -2.33. The summed E-state index contributed by atoms with van der Waals surface area (Å²) in [5, 5.41) is 8.76. The number of rotatable bonds is 1. The maximum Gasteiger partial charge on any atom is 0.433 e. The molecule has 1 N–H and O–H groups in total. The molecule has 4 heterocycles. The molecule has 10 heteroatoms. The Bertz CT molecular complexity index is 1360. The normalized spacial score (nSPS) is 15.8. The van der Waals surface area contributed by atoms with Crippen LogP contribution in [0.1, 0.15) is 28.7 Å². The van der Waals surface area contributed by atoms with Gasteiger partial charge in [0.15, 0.2) is 0 Å². The molecule has 0 radical (unpaired) electrons. The minimum absolute atomic E-state index is 0.00355. The number of aryl methyl sites for hydroxylation is 2. The molecule has 1 amide bonds. The third-order valence-corrected chi connectivity index (χ3v) is 5.33. The zero-order chi connectivity index (χ0) is 21.9. The molecule has 0 fully saturated rings. The van der Waals surface area contributed by atoms with E-state index in [1.165, 1.54) is 4.68 Å². The molecule has 1 aliphatic heterocycles. The second-order valence-electron chi connectivity index (χ2n) is 7.35. The van der Waals surface area contributed by atoms with Crippen molar-refractivity contribution in [1.82, 2.24) is 25.1 Å². The fourth-order valence-corrected chi connectivity index (χ4v) is 3.95. The number of hydrogen-bond donors (Lipinski definition) is 1. The second-order valence-corrected chi connectivity index (χ2v) is 7.35. The lowest BCUT2D eigenvalue weighted by Gasteiger charge is -2.13. The van der Waals surface area contributed by atoms with Gasteiger partial charge in [0.2, 0.25) is 0 Å². The Morgan fingerprint density at radius 3 is 2.77 bits per heavy atom. The highest BCUT2D eigenvalue weighted by molar-refractivity contribution is 6.08. The van der Waals surface area contributed by atoms with E-state index in [2.05, 4.69) is 20.4 Å². The predicted molar refractivity (Wildman–Crippen MR) is 106 cm³/mol. The van der Waals surface area contributed by atoms with E-state index in [4.69, 9.17) is 4.74 Å². The molecule has 0 saturated heterocycles. The number of benzene rings is 1. The van der Waals surface area contributed by atoms with Crippen molar-refractivity contribution < 1.29 is 22.7 Å². The maximum absolute atomic E-state index is 13.1. The number of halogens is 3. The zero-order valence-electron chi connectivity index (χ0n) is 16.5. The van der Waals surface area contributed by atoms with E-state index >= 15 is 0 Å². The van der Waals surface area contributed by atoms with Crippen molar-refractivity contribution >= 4 is 27.8 Å². The highest BCUT2D eigenvalue weighted by atomic mass is 19.4. The highest BCUT2D eigenvalue weighted by Crippen LogP contribution is 2.37. The number of carbonyl (C=O) groups excluding carboxylic acids is 1. The number of hydrogen-bond acceptors (Lipinski definition) is 5. The van der Waals surface area contributed by atoms with E-state index in [1.807, 2.05) is 31.2 Å². The van der Waals surface area contributed by atoms with E-state index in [1.54, 1.807) is 6.92 Å². The molecule has 0 saturated carbocycles. The number of fused-ring (bicyclic) bond motifs is 4. The van der Waals surface area contributed by atoms with Crippen LogP contribution in [0.3, 0.4) is 0 Å². The third kappa shape index (κ3) is 3.06. The van der Waals surface area contributed by atoms with Crippen LogP contribution in [0, 0.1) is 13.8 Å². The van der Waals surface area contributed by atoms with Crippen LogP contribution in [-0.2, 0) is 6.18 Å². The molecule has 1 aliphatic rings. The van der Waals surface area contributed by atoms with Gasteiger partial charge < -0.3 is 10.1 Å². The Morgan fingerprint density at radius 1 is 1.23 bits per heavy atom. The number of amides is 1. The summed E-state index contributed by atoms with van der Waals surface area (Å²) in [4.78, 5) is 21.2. The fourth-order valence-electron chi connectivity index (χ4n) is 3.95. The number of pyridine rings is 2. The van der Waals surface area contributed by atoms with Crippen molar-refractivity contribution in [2.75, 3.05) is 6.61 Å². The molecule has 5 rings (SSSR count). The monoisotopic (exact) mass is 427 g/mol.